The highest BCUT2D eigenvalue weighted by Crippen LogP contribution is 2.33. The molecule has 27 heavy (non-hydrogen) atoms. The van der Waals surface area contributed by atoms with E-state index in [4.69, 9.17) is 4.74 Å². The first-order valence-electron chi connectivity index (χ1n) is 9.83. The predicted octanol–water partition coefficient (Wildman–Crippen LogP) is 2.63. The van der Waals surface area contributed by atoms with Crippen LogP contribution in [0.15, 0.2) is 54.9 Å². The molecule has 0 atom stereocenters. The second kappa shape index (κ2) is 8.19. The Morgan fingerprint density at radius 1 is 1.07 bits per heavy atom. The minimum Gasteiger partial charge on any atom is -0.377 e. The summed E-state index contributed by atoms with van der Waals surface area (Å²) in [5.74, 6) is 0.0872. The Bertz CT molecular complexity index is 743. The van der Waals surface area contributed by atoms with Gasteiger partial charge in [-0.05, 0) is 37.0 Å². The van der Waals surface area contributed by atoms with Gasteiger partial charge in [-0.1, -0.05) is 30.3 Å². The Hall–Kier alpha value is -2.24. The number of hydrogen-bond donors (Lipinski definition) is 0. The molecule has 1 amide bonds. The lowest BCUT2D eigenvalue weighted by molar-refractivity contribution is -0.0775. The molecule has 0 bridgehead atoms. The number of piperidine rings is 1. The number of carbonyl (C=O) groups is 1. The molecule has 2 aliphatic rings. The van der Waals surface area contributed by atoms with Gasteiger partial charge in [0.15, 0.2) is 0 Å². The van der Waals surface area contributed by atoms with Crippen molar-refractivity contribution in [2.75, 3.05) is 39.4 Å². The highest BCUT2D eigenvalue weighted by Gasteiger charge is 2.44. The van der Waals surface area contributed by atoms with Crippen molar-refractivity contribution >= 4 is 5.91 Å². The van der Waals surface area contributed by atoms with Crippen molar-refractivity contribution in [2.45, 2.75) is 24.8 Å². The number of pyridine rings is 1. The van der Waals surface area contributed by atoms with Crippen LogP contribution in [0.25, 0.3) is 0 Å². The van der Waals surface area contributed by atoms with Crippen molar-refractivity contribution in [2.24, 2.45) is 0 Å². The molecule has 0 unspecified atom stereocenters. The summed E-state index contributed by atoms with van der Waals surface area (Å²) < 4.78 is 5.82. The van der Waals surface area contributed by atoms with E-state index in [1.165, 1.54) is 5.56 Å². The lowest BCUT2D eigenvalue weighted by Gasteiger charge is -2.51. The van der Waals surface area contributed by atoms with Gasteiger partial charge in [0.2, 0.25) is 0 Å². The van der Waals surface area contributed by atoms with E-state index in [1.807, 2.05) is 12.1 Å². The molecule has 1 spiro atoms. The zero-order valence-electron chi connectivity index (χ0n) is 15.7. The Labute approximate surface area is 161 Å². The fourth-order valence-electron chi connectivity index (χ4n) is 4.23. The molecular formula is C22H27N3O2. The predicted molar refractivity (Wildman–Crippen MR) is 105 cm³/mol. The molecular weight excluding hydrogens is 338 g/mol. The zero-order chi connectivity index (χ0) is 18.5. The Morgan fingerprint density at radius 3 is 2.63 bits per heavy atom. The van der Waals surface area contributed by atoms with Crippen molar-refractivity contribution in [1.29, 1.82) is 0 Å². The van der Waals surface area contributed by atoms with Crippen molar-refractivity contribution in [3.05, 3.63) is 66.0 Å². The van der Waals surface area contributed by atoms with Crippen LogP contribution in [0.4, 0.5) is 0 Å². The van der Waals surface area contributed by atoms with Crippen LogP contribution in [0.1, 0.15) is 28.8 Å². The number of likely N-dealkylation sites (tertiary alicyclic amines) is 1. The SMILES string of the molecule is O=C(c1cccnc1)N1CCOCC12CCN(CCc1ccccc1)CC2. The number of morpholine rings is 1. The Morgan fingerprint density at radius 2 is 1.89 bits per heavy atom. The maximum absolute atomic E-state index is 13.1. The summed E-state index contributed by atoms with van der Waals surface area (Å²) >= 11 is 0. The van der Waals surface area contributed by atoms with E-state index in [9.17, 15) is 4.79 Å². The van der Waals surface area contributed by atoms with Crippen molar-refractivity contribution in [3.8, 4) is 0 Å². The molecule has 0 N–H and O–H groups in total. The van der Waals surface area contributed by atoms with Crippen LogP contribution in [0.3, 0.4) is 0 Å². The second-order valence-electron chi connectivity index (χ2n) is 7.55. The summed E-state index contributed by atoms with van der Waals surface area (Å²) in [5.41, 5.74) is 1.88. The lowest BCUT2D eigenvalue weighted by Crippen LogP contribution is -2.63. The zero-order valence-corrected chi connectivity index (χ0v) is 15.7. The number of carbonyl (C=O) groups excluding carboxylic acids is 1. The first-order valence-corrected chi connectivity index (χ1v) is 9.83. The van der Waals surface area contributed by atoms with Crippen molar-refractivity contribution in [1.82, 2.24) is 14.8 Å². The lowest BCUT2D eigenvalue weighted by atomic mass is 9.84. The Balaban J connectivity index is 1.39. The topological polar surface area (TPSA) is 45.7 Å². The van der Waals surface area contributed by atoms with Gasteiger partial charge in [-0.25, -0.2) is 0 Å². The van der Waals surface area contributed by atoms with E-state index in [-0.39, 0.29) is 11.4 Å². The maximum atomic E-state index is 13.1. The van der Waals surface area contributed by atoms with E-state index in [2.05, 4.69) is 45.1 Å². The first-order chi connectivity index (χ1) is 13.3. The van der Waals surface area contributed by atoms with Gasteiger partial charge in [0.05, 0.1) is 24.3 Å². The van der Waals surface area contributed by atoms with E-state index < -0.39 is 0 Å². The van der Waals surface area contributed by atoms with Crippen LogP contribution in [-0.4, -0.2) is 65.6 Å². The fourth-order valence-corrected chi connectivity index (χ4v) is 4.23. The van der Waals surface area contributed by atoms with Crippen LogP contribution < -0.4 is 0 Å². The van der Waals surface area contributed by atoms with Crippen LogP contribution in [0.5, 0.6) is 0 Å². The van der Waals surface area contributed by atoms with Gasteiger partial charge in [-0.2, -0.15) is 0 Å². The fraction of sp³-hybridized carbons (Fsp3) is 0.455. The molecule has 1 aromatic heterocycles. The van der Waals surface area contributed by atoms with Gasteiger partial charge >= 0.3 is 0 Å². The molecule has 2 saturated heterocycles. The quantitative estimate of drug-likeness (QED) is 0.836. The number of ether oxygens (including phenoxy) is 1. The molecule has 0 radical (unpaired) electrons. The number of aromatic nitrogens is 1. The van der Waals surface area contributed by atoms with Gasteiger partial charge in [0.25, 0.3) is 5.91 Å². The van der Waals surface area contributed by atoms with Crippen LogP contribution in [0, 0.1) is 0 Å². The van der Waals surface area contributed by atoms with Gasteiger partial charge < -0.3 is 14.5 Å². The number of hydrogen-bond acceptors (Lipinski definition) is 4. The highest BCUT2D eigenvalue weighted by atomic mass is 16.5. The standard InChI is InChI=1S/C22H27N3O2/c26-21(20-7-4-11-23-17-20)25-15-16-27-18-22(25)9-13-24(14-10-22)12-8-19-5-2-1-3-6-19/h1-7,11,17H,8-10,12-16,18H2. The molecule has 4 rings (SSSR count). The normalized spacial score (nSPS) is 19.9. The Kier molecular flexibility index (Phi) is 5.50. The summed E-state index contributed by atoms with van der Waals surface area (Å²) in [6, 6.07) is 14.3. The number of benzene rings is 1. The van der Waals surface area contributed by atoms with Crippen molar-refractivity contribution < 1.29 is 9.53 Å². The molecule has 5 heteroatoms. The van der Waals surface area contributed by atoms with Gasteiger partial charge in [-0.15, -0.1) is 0 Å². The maximum Gasteiger partial charge on any atom is 0.256 e. The molecule has 2 aliphatic heterocycles. The number of amides is 1. The van der Waals surface area contributed by atoms with E-state index in [1.54, 1.807) is 12.4 Å². The third-order valence-corrected chi connectivity index (χ3v) is 5.90. The molecule has 3 heterocycles. The largest absolute Gasteiger partial charge is 0.377 e. The van der Waals surface area contributed by atoms with E-state index in [0.29, 0.717) is 25.3 Å². The van der Waals surface area contributed by atoms with Crippen LogP contribution >= 0.6 is 0 Å². The summed E-state index contributed by atoms with van der Waals surface area (Å²) in [5, 5.41) is 0. The summed E-state index contributed by atoms with van der Waals surface area (Å²) in [4.78, 5) is 21.8. The average molecular weight is 365 g/mol. The molecule has 142 valence electrons. The van der Waals surface area contributed by atoms with Gasteiger partial charge in [0.1, 0.15) is 0 Å². The summed E-state index contributed by atoms with van der Waals surface area (Å²) in [7, 11) is 0. The van der Waals surface area contributed by atoms with Gasteiger partial charge in [0, 0.05) is 38.6 Å². The van der Waals surface area contributed by atoms with Crippen LogP contribution in [0.2, 0.25) is 0 Å². The third-order valence-electron chi connectivity index (χ3n) is 5.90. The van der Waals surface area contributed by atoms with Crippen molar-refractivity contribution in [3.63, 3.8) is 0 Å². The molecule has 5 nitrogen and oxygen atoms in total. The first kappa shape index (κ1) is 18.1. The number of rotatable bonds is 4. The smallest absolute Gasteiger partial charge is 0.256 e. The molecule has 0 aliphatic carbocycles. The van der Waals surface area contributed by atoms with E-state index in [0.717, 1.165) is 38.9 Å². The number of nitrogens with zero attached hydrogens (tertiary/aromatic N) is 3. The monoisotopic (exact) mass is 365 g/mol. The highest BCUT2D eigenvalue weighted by molar-refractivity contribution is 5.94. The van der Waals surface area contributed by atoms with Gasteiger partial charge in [-0.3, -0.25) is 9.78 Å². The van der Waals surface area contributed by atoms with Crippen LogP contribution in [-0.2, 0) is 11.2 Å². The third kappa shape index (κ3) is 4.04. The molecule has 1 aromatic carbocycles. The summed E-state index contributed by atoms with van der Waals surface area (Å²) in [6.45, 7) is 5.01. The average Bonchev–Trinajstić information content (AvgIpc) is 2.75. The second-order valence-corrected chi connectivity index (χ2v) is 7.55. The minimum absolute atomic E-state index is 0.0872. The molecule has 2 aromatic rings. The minimum atomic E-state index is -0.172. The summed E-state index contributed by atoms with van der Waals surface area (Å²) in [6.07, 6.45) is 6.38. The molecule has 2 fully saturated rings. The van der Waals surface area contributed by atoms with E-state index >= 15 is 0 Å². The molecule has 0 saturated carbocycles.